The molecule has 0 saturated carbocycles. The quantitative estimate of drug-likeness (QED) is 0.449. The van der Waals surface area contributed by atoms with E-state index in [1.165, 1.54) is 4.31 Å². The minimum atomic E-state index is -3.50. The Kier molecular flexibility index (Phi) is 1.60. The van der Waals surface area contributed by atoms with Crippen molar-refractivity contribution in [3.05, 3.63) is 0 Å². The molecule has 2 aliphatic rings. The number of carbonyl (C=O) groups is 1. The van der Waals surface area contributed by atoms with Crippen molar-refractivity contribution in [3.8, 4) is 0 Å². The highest BCUT2D eigenvalue weighted by Crippen LogP contribution is 2.14. The number of hydrogen-bond acceptors (Lipinski definition) is 4. The van der Waals surface area contributed by atoms with E-state index in [1.807, 2.05) is 4.72 Å². The van der Waals surface area contributed by atoms with Gasteiger partial charge in [-0.15, -0.1) is 0 Å². The lowest BCUT2D eigenvalue weighted by Gasteiger charge is -2.25. The van der Waals surface area contributed by atoms with Crippen LogP contribution in [0.1, 0.15) is 0 Å². The SMILES string of the molecule is O=C1NS(=O)(=O)N2CCNCC12. The number of fused-ring (bicyclic) bond motifs is 1. The summed E-state index contributed by atoms with van der Waals surface area (Å²) < 4.78 is 25.5. The summed E-state index contributed by atoms with van der Waals surface area (Å²) in [7, 11) is -3.50. The molecule has 1 unspecified atom stereocenters. The summed E-state index contributed by atoms with van der Waals surface area (Å²) in [5.41, 5.74) is 0. The molecule has 2 N–H and O–H groups in total. The van der Waals surface area contributed by atoms with Gasteiger partial charge in [-0.25, -0.2) is 4.72 Å². The van der Waals surface area contributed by atoms with E-state index in [-0.39, 0.29) is 0 Å². The van der Waals surface area contributed by atoms with Gasteiger partial charge in [0.05, 0.1) is 0 Å². The third kappa shape index (κ3) is 1.01. The third-order valence-electron chi connectivity index (χ3n) is 2.04. The highest BCUT2D eigenvalue weighted by atomic mass is 32.2. The minimum absolute atomic E-state index is 0.367. The Morgan fingerprint density at radius 2 is 2.25 bits per heavy atom. The summed E-state index contributed by atoms with van der Waals surface area (Å²) in [5, 5.41) is 2.96. The van der Waals surface area contributed by atoms with Crippen LogP contribution >= 0.6 is 0 Å². The summed E-state index contributed by atoms with van der Waals surface area (Å²) >= 11 is 0. The van der Waals surface area contributed by atoms with Gasteiger partial charge >= 0.3 is 10.2 Å². The van der Waals surface area contributed by atoms with Crippen LogP contribution in [0.15, 0.2) is 0 Å². The van der Waals surface area contributed by atoms with Crippen LogP contribution in [0.2, 0.25) is 0 Å². The van der Waals surface area contributed by atoms with Gasteiger partial charge in [-0.2, -0.15) is 12.7 Å². The molecule has 2 saturated heterocycles. The Morgan fingerprint density at radius 1 is 1.50 bits per heavy atom. The fraction of sp³-hybridized carbons (Fsp3) is 0.800. The Balaban J connectivity index is 2.34. The highest BCUT2D eigenvalue weighted by molar-refractivity contribution is 7.88. The molecule has 0 spiro atoms. The van der Waals surface area contributed by atoms with Gasteiger partial charge in [0.15, 0.2) is 0 Å². The first kappa shape index (κ1) is 7.96. The Bertz CT molecular complexity index is 312. The Labute approximate surface area is 70.1 Å². The van der Waals surface area contributed by atoms with Crippen molar-refractivity contribution in [2.45, 2.75) is 6.04 Å². The van der Waals surface area contributed by atoms with Crippen molar-refractivity contribution in [2.75, 3.05) is 19.6 Å². The predicted molar refractivity (Wildman–Crippen MR) is 40.4 cm³/mol. The van der Waals surface area contributed by atoms with Crippen LogP contribution in [-0.2, 0) is 15.0 Å². The molecular formula is C5H9N3O3S. The molecule has 2 heterocycles. The zero-order chi connectivity index (χ0) is 8.77. The molecule has 0 radical (unpaired) electrons. The molecule has 0 aromatic rings. The number of nitrogens with zero attached hydrogens (tertiary/aromatic N) is 1. The summed E-state index contributed by atoms with van der Waals surface area (Å²) in [6.45, 7) is 1.38. The second-order valence-corrected chi connectivity index (χ2v) is 4.43. The average Bonchev–Trinajstić information content (AvgIpc) is 2.25. The Hall–Kier alpha value is -0.660. The zero-order valence-corrected chi connectivity index (χ0v) is 7.10. The van der Waals surface area contributed by atoms with E-state index < -0.39 is 22.2 Å². The minimum Gasteiger partial charge on any atom is -0.313 e. The van der Waals surface area contributed by atoms with Crippen molar-refractivity contribution in [1.82, 2.24) is 14.3 Å². The lowest BCUT2D eigenvalue weighted by atomic mass is 10.2. The molecule has 7 heteroatoms. The molecule has 0 aliphatic carbocycles. The monoisotopic (exact) mass is 191 g/mol. The maximum Gasteiger partial charge on any atom is 0.304 e. The fourth-order valence-electron chi connectivity index (χ4n) is 1.45. The summed E-state index contributed by atoms with van der Waals surface area (Å²) in [6, 6.07) is -0.538. The van der Waals surface area contributed by atoms with Crippen LogP contribution in [0, 0.1) is 0 Å². The van der Waals surface area contributed by atoms with Crippen LogP contribution in [0.3, 0.4) is 0 Å². The van der Waals surface area contributed by atoms with Crippen LogP contribution in [0.5, 0.6) is 0 Å². The van der Waals surface area contributed by atoms with Crippen LogP contribution < -0.4 is 10.0 Å². The van der Waals surface area contributed by atoms with Gasteiger partial charge < -0.3 is 5.32 Å². The highest BCUT2D eigenvalue weighted by Gasteiger charge is 2.44. The lowest BCUT2D eigenvalue weighted by molar-refractivity contribution is -0.121. The first-order valence-electron chi connectivity index (χ1n) is 3.65. The first-order chi connectivity index (χ1) is 5.61. The van der Waals surface area contributed by atoms with Crippen molar-refractivity contribution < 1.29 is 13.2 Å². The number of piperazine rings is 1. The van der Waals surface area contributed by atoms with Crippen molar-refractivity contribution >= 4 is 16.1 Å². The van der Waals surface area contributed by atoms with E-state index in [2.05, 4.69) is 5.32 Å². The predicted octanol–water partition coefficient (Wildman–Crippen LogP) is -2.37. The van der Waals surface area contributed by atoms with Gasteiger partial charge in [0.1, 0.15) is 6.04 Å². The maximum absolute atomic E-state index is 11.2. The van der Waals surface area contributed by atoms with E-state index in [0.29, 0.717) is 19.6 Å². The topological polar surface area (TPSA) is 78.5 Å². The normalized spacial score (nSPS) is 34.3. The smallest absolute Gasteiger partial charge is 0.304 e. The molecular weight excluding hydrogens is 182 g/mol. The molecule has 6 nitrogen and oxygen atoms in total. The van der Waals surface area contributed by atoms with Gasteiger partial charge in [0.2, 0.25) is 0 Å². The maximum atomic E-state index is 11.2. The molecule has 1 amide bonds. The second-order valence-electron chi connectivity index (χ2n) is 2.80. The molecule has 1 atom stereocenters. The molecule has 2 rings (SSSR count). The molecule has 0 aromatic carbocycles. The van der Waals surface area contributed by atoms with Crippen LogP contribution in [0.4, 0.5) is 0 Å². The standard InChI is InChI=1S/C5H9N3O3S/c9-5-4-3-6-1-2-8(4)12(10,11)7-5/h4,6H,1-3H2,(H,7,9). The number of nitrogens with one attached hydrogen (secondary N) is 2. The summed E-state index contributed by atoms with van der Waals surface area (Å²) in [5.74, 6) is -0.429. The fourth-order valence-corrected chi connectivity index (χ4v) is 2.80. The number of rotatable bonds is 0. The summed E-state index contributed by atoms with van der Waals surface area (Å²) in [4.78, 5) is 11.1. The van der Waals surface area contributed by atoms with E-state index in [9.17, 15) is 13.2 Å². The van der Waals surface area contributed by atoms with Gasteiger partial charge in [0.25, 0.3) is 5.91 Å². The molecule has 0 aromatic heterocycles. The van der Waals surface area contributed by atoms with Crippen molar-refractivity contribution in [3.63, 3.8) is 0 Å². The van der Waals surface area contributed by atoms with E-state index in [0.717, 1.165) is 0 Å². The van der Waals surface area contributed by atoms with Crippen molar-refractivity contribution in [2.24, 2.45) is 0 Å². The first-order valence-corrected chi connectivity index (χ1v) is 5.09. The van der Waals surface area contributed by atoms with Crippen LogP contribution in [-0.4, -0.2) is 44.3 Å². The number of hydrogen-bond donors (Lipinski definition) is 2. The lowest BCUT2D eigenvalue weighted by Crippen LogP contribution is -2.51. The van der Waals surface area contributed by atoms with Crippen molar-refractivity contribution in [1.29, 1.82) is 0 Å². The number of amides is 1. The number of carbonyl (C=O) groups excluding carboxylic acids is 1. The van der Waals surface area contributed by atoms with Gasteiger partial charge in [-0.1, -0.05) is 0 Å². The zero-order valence-electron chi connectivity index (χ0n) is 6.28. The molecule has 2 aliphatic heterocycles. The molecule has 68 valence electrons. The second kappa shape index (κ2) is 2.41. The van der Waals surface area contributed by atoms with Gasteiger partial charge in [-0.05, 0) is 0 Å². The van der Waals surface area contributed by atoms with Gasteiger partial charge in [-0.3, -0.25) is 4.79 Å². The van der Waals surface area contributed by atoms with E-state index >= 15 is 0 Å². The van der Waals surface area contributed by atoms with Crippen LogP contribution in [0.25, 0.3) is 0 Å². The van der Waals surface area contributed by atoms with E-state index in [4.69, 9.17) is 0 Å². The molecule has 12 heavy (non-hydrogen) atoms. The average molecular weight is 191 g/mol. The third-order valence-corrected chi connectivity index (χ3v) is 3.55. The molecule has 0 bridgehead atoms. The summed E-state index contributed by atoms with van der Waals surface area (Å²) in [6.07, 6.45) is 0. The van der Waals surface area contributed by atoms with Gasteiger partial charge in [0, 0.05) is 19.6 Å². The molecule has 2 fully saturated rings. The largest absolute Gasteiger partial charge is 0.313 e. The Morgan fingerprint density at radius 3 is 2.92 bits per heavy atom. The van der Waals surface area contributed by atoms with E-state index in [1.54, 1.807) is 0 Å².